The van der Waals surface area contributed by atoms with Crippen molar-refractivity contribution in [1.29, 1.82) is 0 Å². The quantitative estimate of drug-likeness (QED) is 0.486. The Balaban J connectivity index is 1.50. The van der Waals surface area contributed by atoms with Crippen molar-refractivity contribution in [2.75, 3.05) is 35.7 Å². The number of urea groups is 1. The molecule has 7 heteroatoms. The van der Waals surface area contributed by atoms with Gasteiger partial charge in [0.25, 0.3) is 5.91 Å². The molecular formula is C26H28N4O3. The van der Waals surface area contributed by atoms with Crippen LogP contribution in [0.25, 0.3) is 0 Å². The summed E-state index contributed by atoms with van der Waals surface area (Å²) in [4.78, 5) is 27.9. The maximum atomic E-state index is 13.1. The Labute approximate surface area is 193 Å². The first-order valence-electron chi connectivity index (χ1n) is 11.1. The van der Waals surface area contributed by atoms with Crippen LogP contribution in [0.3, 0.4) is 0 Å². The fourth-order valence-corrected chi connectivity index (χ4v) is 3.90. The number of amides is 3. The van der Waals surface area contributed by atoms with E-state index >= 15 is 0 Å². The Kier molecular flexibility index (Phi) is 7.09. The molecule has 1 saturated heterocycles. The molecule has 0 saturated carbocycles. The molecule has 1 fully saturated rings. The number of benzene rings is 3. The van der Waals surface area contributed by atoms with Gasteiger partial charge >= 0.3 is 6.03 Å². The van der Waals surface area contributed by atoms with Gasteiger partial charge in [-0.3, -0.25) is 4.79 Å². The van der Waals surface area contributed by atoms with Crippen LogP contribution in [0.4, 0.5) is 21.9 Å². The molecule has 7 nitrogen and oxygen atoms in total. The molecule has 33 heavy (non-hydrogen) atoms. The normalized spacial score (nSPS) is 12.8. The lowest BCUT2D eigenvalue weighted by atomic mass is 10.1. The van der Waals surface area contributed by atoms with Crippen LogP contribution in [0.15, 0.2) is 72.8 Å². The van der Waals surface area contributed by atoms with Gasteiger partial charge in [-0.05, 0) is 48.7 Å². The van der Waals surface area contributed by atoms with Gasteiger partial charge in [0.2, 0.25) is 0 Å². The van der Waals surface area contributed by atoms with Gasteiger partial charge in [-0.2, -0.15) is 0 Å². The second-order valence-corrected chi connectivity index (χ2v) is 7.91. The molecule has 0 atom stereocenters. The van der Waals surface area contributed by atoms with E-state index in [1.807, 2.05) is 42.5 Å². The van der Waals surface area contributed by atoms with Crippen LogP contribution in [-0.4, -0.2) is 32.1 Å². The van der Waals surface area contributed by atoms with Crippen molar-refractivity contribution in [2.45, 2.75) is 19.4 Å². The minimum absolute atomic E-state index is 0.169. The SMILES string of the molecule is COc1cccc(NC(=O)Nc2ccc(N3CCCC3)c(C(=O)NCc3ccccc3)c2)c1. The Morgan fingerprint density at radius 2 is 1.61 bits per heavy atom. The van der Waals surface area contributed by atoms with Gasteiger partial charge in [0.15, 0.2) is 0 Å². The third-order valence-corrected chi connectivity index (χ3v) is 5.57. The molecule has 1 aliphatic rings. The van der Waals surface area contributed by atoms with E-state index in [1.54, 1.807) is 37.4 Å². The van der Waals surface area contributed by atoms with E-state index in [2.05, 4.69) is 20.9 Å². The highest BCUT2D eigenvalue weighted by Gasteiger charge is 2.20. The van der Waals surface area contributed by atoms with Crippen molar-refractivity contribution < 1.29 is 14.3 Å². The zero-order valence-corrected chi connectivity index (χ0v) is 18.6. The smallest absolute Gasteiger partial charge is 0.323 e. The second-order valence-electron chi connectivity index (χ2n) is 7.91. The van der Waals surface area contributed by atoms with Crippen LogP contribution in [-0.2, 0) is 6.54 Å². The van der Waals surface area contributed by atoms with Crippen molar-refractivity contribution in [3.05, 3.63) is 83.9 Å². The Bertz CT molecular complexity index is 1110. The lowest BCUT2D eigenvalue weighted by Crippen LogP contribution is -2.27. The molecule has 3 N–H and O–H groups in total. The molecule has 3 amide bonds. The number of carbonyl (C=O) groups is 2. The van der Waals surface area contributed by atoms with Crippen molar-refractivity contribution >= 4 is 29.0 Å². The number of ether oxygens (including phenoxy) is 1. The molecule has 0 aromatic heterocycles. The molecule has 0 unspecified atom stereocenters. The average molecular weight is 445 g/mol. The Morgan fingerprint density at radius 3 is 2.33 bits per heavy atom. The molecule has 1 heterocycles. The summed E-state index contributed by atoms with van der Waals surface area (Å²) < 4.78 is 5.19. The number of rotatable bonds is 7. The average Bonchev–Trinajstić information content (AvgIpc) is 3.38. The minimum atomic E-state index is -0.396. The first-order chi connectivity index (χ1) is 16.1. The maximum Gasteiger partial charge on any atom is 0.323 e. The number of hydrogen-bond acceptors (Lipinski definition) is 4. The summed E-state index contributed by atoms with van der Waals surface area (Å²) in [5.41, 5.74) is 3.62. The van der Waals surface area contributed by atoms with E-state index < -0.39 is 6.03 Å². The van der Waals surface area contributed by atoms with E-state index in [9.17, 15) is 9.59 Å². The highest BCUT2D eigenvalue weighted by molar-refractivity contribution is 6.04. The van der Waals surface area contributed by atoms with Gasteiger partial charge in [-0.25, -0.2) is 4.79 Å². The summed E-state index contributed by atoms with van der Waals surface area (Å²) in [7, 11) is 1.57. The van der Waals surface area contributed by atoms with Crippen LogP contribution in [0.5, 0.6) is 5.75 Å². The van der Waals surface area contributed by atoms with E-state index in [0.29, 0.717) is 29.2 Å². The third-order valence-electron chi connectivity index (χ3n) is 5.57. The summed E-state index contributed by atoms with van der Waals surface area (Å²) in [5, 5.41) is 8.62. The fraction of sp³-hybridized carbons (Fsp3) is 0.231. The van der Waals surface area contributed by atoms with Gasteiger partial charge in [0.05, 0.1) is 12.7 Å². The van der Waals surface area contributed by atoms with Gasteiger partial charge in [-0.15, -0.1) is 0 Å². The lowest BCUT2D eigenvalue weighted by molar-refractivity contribution is 0.0951. The van der Waals surface area contributed by atoms with Gasteiger partial charge < -0.3 is 25.6 Å². The molecule has 0 spiro atoms. The van der Waals surface area contributed by atoms with E-state index in [1.165, 1.54) is 0 Å². The highest BCUT2D eigenvalue weighted by atomic mass is 16.5. The van der Waals surface area contributed by atoms with E-state index in [-0.39, 0.29) is 5.91 Å². The topological polar surface area (TPSA) is 82.7 Å². The summed E-state index contributed by atoms with van der Waals surface area (Å²) in [5.74, 6) is 0.484. The van der Waals surface area contributed by atoms with Crippen molar-refractivity contribution in [2.24, 2.45) is 0 Å². The van der Waals surface area contributed by atoms with Crippen LogP contribution < -0.4 is 25.6 Å². The largest absolute Gasteiger partial charge is 0.497 e. The molecule has 3 aromatic carbocycles. The summed E-state index contributed by atoms with van der Waals surface area (Å²) in [6.45, 7) is 2.28. The monoisotopic (exact) mass is 444 g/mol. The predicted molar refractivity (Wildman–Crippen MR) is 131 cm³/mol. The van der Waals surface area contributed by atoms with Gasteiger partial charge in [0, 0.05) is 42.8 Å². The molecule has 170 valence electrons. The highest BCUT2D eigenvalue weighted by Crippen LogP contribution is 2.28. The molecule has 0 aliphatic carbocycles. The zero-order chi connectivity index (χ0) is 23.0. The second kappa shape index (κ2) is 10.5. The van der Waals surface area contributed by atoms with Crippen molar-refractivity contribution in [3.63, 3.8) is 0 Å². The van der Waals surface area contributed by atoms with Gasteiger partial charge in [-0.1, -0.05) is 36.4 Å². The van der Waals surface area contributed by atoms with Crippen LogP contribution in [0.1, 0.15) is 28.8 Å². The molecular weight excluding hydrogens is 416 g/mol. The standard InChI is InChI=1S/C26H28N4O3/c1-33-22-11-7-10-20(16-22)28-26(32)29-21-12-13-24(30-14-5-6-15-30)23(17-21)25(31)27-18-19-8-3-2-4-9-19/h2-4,7-13,16-17H,5-6,14-15,18H2,1H3,(H,27,31)(H2,28,29,32). The fourth-order valence-electron chi connectivity index (χ4n) is 3.90. The number of hydrogen-bond donors (Lipinski definition) is 3. The Morgan fingerprint density at radius 1 is 0.879 bits per heavy atom. The number of carbonyl (C=O) groups excluding carboxylic acids is 2. The zero-order valence-electron chi connectivity index (χ0n) is 18.6. The van der Waals surface area contributed by atoms with Gasteiger partial charge in [0.1, 0.15) is 5.75 Å². The Hall–Kier alpha value is -4.00. The molecule has 0 bridgehead atoms. The predicted octanol–water partition coefficient (Wildman–Crippen LogP) is 4.87. The van der Waals surface area contributed by atoms with Crippen LogP contribution in [0, 0.1) is 0 Å². The molecule has 3 aromatic rings. The van der Waals surface area contributed by atoms with Crippen LogP contribution >= 0.6 is 0 Å². The van der Waals surface area contributed by atoms with Crippen LogP contribution in [0.2, 0.25) is 0 Å². The maximum absolute atomic E-state index is 13.1. The first kappa shape index (κ1) is 22.2. The van der Waals surface area contributed by atoms with Crippen molar-refractivity contribution in [3.8, 4) is 5.75 Å². The summed E-state index contributed by atoms with van der Waals surface area (Å²) >= 11 is 0. The molecule has 0 radical (unpaired) electrons. The van der Waals surface area contributed by atoms with Crippen molar-refractivity contribution in [1.82, 2.24) is 5.32 Å². The minimum Gasteiger partial charge on any atom is -0.497 e. The summed E-state index contributed by atoms with van der Waals surface area (Å²) in [6, 6.07) is 22.0. The number of nitrogens with one attached hydrogen (secondary N) is 3. The third kappa shape index (κ3) is 5.83. The number of nitrogens with zero attached hydrogens (tertiary/aromatic N) is 1. The summed E-state index contributed by atoms with van der Waals surface area (Å²) in [6.07, 6.45) is 2.21. The lowest BCUT2D eigenvalue weighted by Gasteiger charge is -2.22. The molecule has 4 rings (SSSR count). The number of anilines is 3. The number of methoxy groups -OCH3 is 1. The first-order valence-corrected chi connectivity index (χ1v) is 11.1. The molecule has 1 aliphatic heterocycles. The van der Waals surface area contributed by atoms with E-state index in [4.69, 9.17) is 4.74 Å². The van der Waals surface area contributed by atoms with E-state index in [0.717, 1.165) is 37.2 Å².